The number of nitrogens with zero attached hydrogens (tertiary/aromatic N) is 1. The standard InChI is InChI=1S/C21H22N2O2S/c1-14-20(24)22-18-13-16(9-10-19(18)26-14)21(25)23-11-5-8-17(23)12-15-6-3-2-4-7-15/h2-4,6-7,9-10,13-14,17H,5,8,11-12H2,1H3,(H,22,24). The largest absolute Gasteiger partial charge is 0.335 e. The Morgan fingerprint density at radius 2 is 2.04 bits per heavy atom. The molecule has 2 aromatic carbocycles. The van der Waals surface area contributed by atoms with Crippen molar-refractivity contribution < 1.29 is 9.59 Å². The Morgan fingerprint density at radius 3 is 2.85 bits per heavy atom. The summed E-state index contributed by atoms with van der Waals surface area (Å²) >= 11 is 1.54. The Kier molecular flexibility index (Phi) is 4.72. The fourth-order valence-electron chi connectivity index (χ4n) is 3.71. The molecule has 2 heterocycles. The average Bonchev–Trinajstić information content (AvgIpc) is 3.10. The van der Waals surface area contributed by atoms with Crippen LogP contribution in [0.5, 0.6) is 0 Å². The average molecular weight is 366 g/mol. The Bertz CT molecular complexity index is 837. The number of hydrogen-bond donors (Lipinski definition) is 1. The van der Waals surface area contributed by atoms with Crippen molar-refractivity contribution in [1.82, 2.24) is 4.90 Å². The number of amides is 2. The summed E-state index contributed by atoms with van der Waals surface area (Å²) in [6.07, 6.45) is 2.97. The van der Waals surface area contributed by atoms with Crippen LogP contribution in [0.15, 0.2) is 53.4 Å². The third kappa shape index (κ3) is 3.36. The molecule has 134 valence electrons. The van der Waals surface area contributed by atoms with Crippen LogP contribution in [0.3, 0.4) is 0 Å². The Balaban J connectivity index is 1.53. The number of carbonyl (C=O) groups is 2. The van der Waals surface area contributed by atoms with E-state index in [9.17, 15) is 9.59 Å². The first kappa shape index (κ1) is 17.2. The zero-order valence-electron chi connectivity index (χ0n) is 14.8. The highest BCUT2D eigenvalue weighted by Crippen LogP contribution is 2.36. The summed E-state index contributed by atoms with van der Waals surface area (Å²) in [5.74, 6) is 0.0549. The molecule has 1 fully saturated rings. The van der Waals surface area contributed by atoms with E-state index in [0.29, 0.717) is 5.56 Å². The molecule has 2 unspecified atom stereocenters. The van der Waals surface area contributed by atoms with Crippen molar-refractivity contribution in [3.8, 4) is 0 Å². The van der Waals surface area contributed by atoms with E-state index in [2.05, 4.69) is 17.4 Å². The number of rotatable bonds is 3. The molecule has 0 bridgehead atoms. The Morgan fingerprint density at radius 1 is 1.23 bits per heavy atom. The number of fused-ring (bicyclic) bond motifs is 1. The molecule has 0 saturated carbocycles. The minimum atomic E-state index is -0.0992. The summed E-state index contributed by atoms with van der Waals surface area (Å²) < 4.78 is 0. The van der Waals surface area contributed by atoms with E-state index in [-0.39, 0.29) is 23.1 Å². The molecule has 0 aliphatic carbocycles. The molecule has 5 heteroatoms. The normalized spacial score (nSPS) is 22.0. The van der Waals surface area contributed by atoms with Crippen LogP contribution in [-0.2, 0) is 11.2 Å². The van der Waals surface area contributed by atoms with Crippen LogP contribution in [0.25, 0.3) is 0 Å². The fraction of sp³-hybridized carbons (Fsp3) is 0.333. The van der Waals surface area contributed by atoms with Crippen molar-refractivity contribution in [2.24, 2.45) is 0 Å². The van der Waals surface area contributed by atoms with Crippen LogP contribution in [-0.4, -0.2) is 34.6 Å². The summed E-state index contributed by atoms with van der Waals surface area (Å²) in [5, 5.41) is 2.82. The molecule has 4 nitrogen and oxygen atoms in total. The smallest absolute Gasteiger partial charge is 0.254 e. The van der Waals surface area contributed by atoms with Gasteiger partial charge in [0.1, 0.15) is 0 Å². The van der Waals surface area contributed by atoms with Crippen molar-refractivity contribution in [1.29, 1.82) is 0 Å². The Hall–Kier alpha value is -2.27. The quantitative estimate of drug-likeness (QED) is 0.894. The molecule has 1 N–H and O–H groups in total. The lowest BCUT2D eigenvalue weighted by Gasteiger charge is -2.26. The number of hydrogen-bond acceptors (Lipinski definition) is 3. The van der Waals surface area contributed by atoms with Gasteiger partial charge in [0.25, 0.3) is 5.91 Å². The maximum Gasteiger partial charge on any atom is 0.254 e. The third-order valence-electron chi connectivity index (χ3n) is 5.11. The van der Waals surface area contributed by atoms with Crippen molar-refractivity contribution in [3.05, 3.63) is 59.7 Å². The number of likely N-dealkylation sites (tertiary alicyclic amines) is 1. The van der Waals surface area contributed by atoms with Gasteiger partial charge in [-0.25, -0.2) is 0 Å². The van der Waals surface area contributed by atoms with Gasteiger partial charge in [-0.1, -0.05) is 30.3 Å². The van der Waals surface area contributed by atoms with Gasteiger partial charge >= 0.3 is 0 Å². The lowest BCUT2D eigenvalue weighted by atomic mass is 10.0. The summed E-state index contributed by atoms with van der Waals surface area (Å²) in [6.45, 7) is 2.69. The molecule has 2 aliphatic heterocycles. The van der Waals surface area contributed by atoms with E-state index in [4.69, 9.17) is 0 Å². The minimum Gasteiger partial charge on any atom is -0.335 e. The highest BCUT2D eigenvalue weighted by Gasteiger charge is 2.30. The van der Waals surface area contributed by atoms with E-state index in [1.165, 1.54) is 17.3 Å². The van der Waals surface area contributed by atoms with Gasteiger partial charge in [0.2, 0.25) is 5.91 Å². The van der Waals surface area contributed by atoms with E-state index in [1.807, 2.05) is 48.2 Å². The first-order chi connectivity index (χ1) is 12.6. The molecular formula is C21H22N2O2S. The molecule has 26 heavy (non-hydrogen) atoms. The molecule has 2 aliphatic rings. The predicted octanol–water partition coefficient (Wildman–Crippen LogP) is 3.97. The zero-order valence-corrected chi connectivity index (χ0v) is 15.6. The van der Waals surface area contributed by atoms with Crippen LogP contribution in [0.1, 0.15) is 35.7 Å². The maximum absolute atomic E-state index is 13.1. The first-order valence-electron chi connectivity index (χ1n) is 9.08. The number of nitrogens with one attached hydrogen (secondary N) is 1. The van der Waals surface area contributed by atoms with Crippen LogP contribution in [0, 0.1) is 0 Å². The van der Waals surface area contributed by atoms with Crippen LogP contribution in [0.4, 0.5) is 5.69 Å². The SMILES string of the molecule is CC1Sc2ccc(C(=O)N3CCCC3Cc3ccccc3)cc2NC1=O. The lowest BCUT2D eigenvalue weighted by Crippen LogP contribution is -2.37. The molecule has 2 amide bonds. The Labute approximate surface area is 158 Å². The maximum atomic E-state index is 13.1. The number of thioether (sulfide) groups is 1. The van der Waals surface area contributed by atoms with E-state index in [0.717, 1.165) is 36.4 Å². The van der Waals surface area contributed by atoms with Gasteiger partial charge in [-0.2, -0.15) is 0 Å². The number of carbonyl (C=O) groups excluding carboxylic acids is 2. The monoisotopic (exact) mass is 366 g/mol. The second kappa shape index (κ2) is 7.16. The summed E-state index contributed by atoms with van der Waals surface area (Å²) in [6, 6.07) is 16.2. The predicted molar refractivity (Wildman–Crippen MR) is 105 cm³/mol. The van der Waals surface area contributed by atoms with Gasteiger partial charge < -0.3 is 10.2 Å². The van der Waals surface area contributed by atoms with Gasteiger partial charge in [0, 0.05) is 23.0 Å². The summed E-state index contributed by atoms with van der Waals surface area (Å²) in [4.78, 5) is 28.0. The molecule has 0 aromatic heterocycles. The minimum absolute atomic E-state index is 0.00442. The van der Waals surface area contributed by atoms with Gasteiger partial charge in [-0.05, 0) is 49.9 Å². The van der Waals surface area contributed by atoms with Crippen molar-refractivity contribution in [2.75, 3.05) is 11.9 Å². The molecule has 4 rings (SSSR count). The van der Waals surface area contributed by atoms with E-state index >= 15 is 0 Å². The highest BCUT2D eigenvalue weighted by molar-refractivity contribution is 8.00. The van der Waals surface area contributed by atoms with Crippen LogP contribution in [0.2, 0.25) is 0 Å². The molecule has 0 radical (unpaired) electrons. The zero-order chi connectivity index (χ0) is 18.1. The van der Waals surface area contributed by atoms with Crippen LogP contribution >= 0.6 is 11.8 Å². The summed E-state index contributed by atoms with van der Waals surface area (Å²) in [7, 11) is 0. The second-order valence-corrected chi connectivity index (χ2v) is 8.33. The third-order valence-corrected chi connectivity index (χ3v) is 6.29. The second-order valence-electron chi connectivity index (χ2n) is 6.94. The molecular weight excluding hydrogens is 344 g/mol. The van der Waals surface area contributed by atoms with Gasteiger partial charge in [-0.3, -0.25) is 9.59 Å². The summed E-state index contributed by atoms with van der Waals surface area (Å²) in [5.41, 5.74) is 2.67. The lowest BCUT2D eigenvalue weighted by molar-refractivity contribution is -0.115. The van der Waals surface area contributed by atoms with Gasteiger partial charge in [-0.15, -0.1) is 11.8 Å². The fourth-order valence-corrected chi connectivity index (χ4v) is 4.64. The van der Waals surface area contributed by atoms with Crippen molar-refractivity contribution >= 4 is 29.3 Å². The molecule has 2 aromatic rings. The first-order valence-corrected chi connectivity index (χ1v) is 9.96. The van der Waals surface area contributed by atoms with Gasteiger partial charge in [0.05, 0.1) is 10.9 Å². The molecule has 2 atom stereocenters. The molecule has 1 saturated heterocycles. The number of benzene rings is 2. The van der Waals surface area contributed by atoms with Crippen LogP contribution < -0.4 is 5.32 Å². The number of anilines is 1. The van der Waals surface area contributed by atoms with Crippen molar-refractivity contribution in [2.45, 2.75) is 42.4 Å². The van der Waals surface area contributed by atoms with Gasteiger partial charge in [0.15, 0.2) is 0 Å². The topological polar surface area (TPSA) is 49.4 Å². The van der Waals surface area contributed by atoms with E-state index in [1.54, 1.807) is 0 Å². The van der Waals surface area contributed by atoms with E-state index < -0.39 is 0 Å². The molecule has 0 spiro atoms. The highest BCUT2D eigenvalue weighted by atomic mass is 32.2. The van der Waals surface area contributed by atoms with Crippen molar-refractivity contribution in [3.63, 3.8) is 0 Å².